The number of amides is 1. The number of carbonyl (C=O) groups excluding carboxylic acids is 1. The van der Waals surface area contributed by atoms with Gasteiger partial charge < -0.3 is 9.64 Å². The zero-order valence-corrected chi connectivity index (χ0v) is 17.6. The fourth-order valence-corrected chi connectivity index (χ4v) is 4.58. The third kappa shape index (κ3) is 4.32. The maximum atomic E-state index is 12.8. The Kier molecular flexibility index (Phi) is 5.67. The third-order valence-electron chi connectivity index (χ3n) is 5.44. The summed E-state index contributed by atoms with van der Waals surface area (Å²) in [5.41, 5.74) is 0.483. The molecule has 0 radical (unpaired) electrons. The molecule has 0 spiro atoms. The predicted octanol–water partition coefficient (Wildman–Crippen LogP) is 2.58. The van der Waals surface area contributed by atoms with Crippen molar-refractivity contribution in [1.29, 1.82) is 0 Å². The van der Waals surface area contributed by atoms with Crippen molar-refractivity contribution < 1.29 is 31.1 Å². The van der Waals surface area contributed by atoms with Crippen LogP contribution in [0, 0.1) is 5.92 Å². The molecule has 4 rings (SSSR count). The van der Waals surface area contributed by atoms with E-state index in [4.69, 9.17) is 4.74 Å². The van der Waals surface area contributed by atoms with Crippen LogP contribution in [0.3, 0.4) is 0 Å². The molecule has 8 nitrogen and oxygen atoms in total. The van der Waals surface area contributed by atoms with E-state index in [1.165, 1.54) is 22.8 Å². The second kappa shape index (κ2) is 8.17. The third-order valence-corrected chi connectivity index (χ3v) is 6.88. The van der Waals surface area contributed by atoms with Gasteiger partial charge in [-0.25, -0.2) is 18.4 Å². The van der Waals surface area contributed by atoms with Crippen molar-refractivity contribution in [3.05, 3.63) is 59.4 Å². The molecule has 0 unspecified atom stereocenters. The van der Waals surface area contributed by atoms with Crippen LogP contribution in [0.1, 0.15) is 16.8 Å². The molecule has 0 aliphatic carbocycles. The van der Waals surface area contributed by atoms with Crippen LogP contribution in [0.25, 0.3) is 0 Å². The van der Waals surface area contributed by atoms with Crippen molar-refractivity contribution in [2.24, 2.45) is 5.92 Å². The standard InChI is InChI=1S/C20H19F3N4O4S/c1-2-32(29,30)27-9-13(10-27)19(28)26-8-7-16-17(11-26)24-12-25-18(16)31-15-5-3-14(4-6-15)20(21,22)23/h2-6,12-13H,1,7-11H2. The number of ether oxygens (including phenoxy) is 1. The molecule has 1 aromatic carbocycles. The van der Waals surface area contributed by atoms with Gasteiger partial charge in [0.1, 0.15) is 12.1 Å². The highest BCUT2D eigenvalue weighted by atomic mass is 32.2. The number of rotatable bonds is 5. The van der Waals surface area contributed by atoms with E-state index in [0.29, 0.717) is 24.2 Å². The minimum Gasteiger partial charge on any atom is -0.439 e. The molecule has 2 aliphatic heterocycles. The molecule has 1 aromatic heterocycles. The Hall–Kier alpha value is -2.99. The van der Waals surface area contributed by atoms with Gasteiger partial charge in [0.2, 0.25) is 21.8 Å². The van der Waals surface area contributed by atoms with Crippen LogP contribution in [0.2, 0.25) is 0 Å². The molecule has 2 aliphatic rings. The monoisotopic (exact) mass is 468 g/mol. The largest absolute Gasteiger partial charge is 0.439 e. The molecule has 170 valence electrons. The van der Waals surface area contributed by atoms with Crippen LogP contribution < -0.4 is 4.74 Å². The Morgan fingerprint density at radius 1 is 1.19 bits per heavy atom. The van der Waals surface area contributed by atoms with E-state index in [1.54, 1.807) is 4.90 Å². The number of fused-ring (bicyclic) bond motifs is 1. The normalized spacial score (nSPS) is 17.4. The van der Waals surface area contributed by atoms with Crippen molar-refractivity contribution in [2.45, 2.75) is 19.1 Å². The van der Waals surface area contributed by atoms with Crippen LogP contribution >= 0.6 is 0 Å². The van der Waals surface area contributed by atoms with E-state index < -0.39 is 27.7 Å². The lowest BCUT2D eigenvalue weighted by Crippen LogP contribution is -2.56. The maximum Gasteiger partial charge on any atom is 0.416 e. The van der Waals surface area contributed by atoms with Gasteiger partial charge in [-0.3, -0.25) is 4.79 Å². The molecular weight excluding hydrogens is 449 g/mol. The van der Waals surface area contributed by atoms with Crippen LogP contribution in [0.4, 0.5) is 13.2 Å². The summed E-state index contributed by atoms with van der Waals surface area (Å²) in [6, 6.07) is 4.29. The molecule has 0 saturated carbocycles. The minimum absolute atomic E-state index is 0.114. The number of sulfonamides is 1. The Bertz CT molecular complexity index is 1150. The summed E-state index contributed by atoms with van der Waals surface area (Å²) in [5.74, 6) is -0.143. The SMILES string of the molecule is C=CS(=O)(=O)N1CC(C(=O)N2CCc3c(ncnc3Oc3ccc(C(F)(F)F)cc3)C2)C1. The molecule has 1 amide bonds. The Balaban J connectivity index is 1.43. The highest BCUT2D eigenvalue weighted by Crippen LogP contribution is 2.33. The highest BCUT2D eigenvalue weighted by molar-refractivity contribution is 7.92. The fourth-order valence-electron chi connectivity index (χ4n) is 3.59. The average Bonchev–Trinajstić information content (AvgIpc) is 2.72. The van der Waals surface area contributed by atoms with Gasteiger partial charge in [-0.15, -0.1) is 0 Å². The lowest BCUT2D eigenvalue weighted by atomic mass is 9.99. The van der Waals surface area contributed by atoms with E-state index in [-0.39, 0.29) is 37.2 Å². The van der Waals surface area contributed by atoms with Gasteiger partial charge in [-0.1, -0.05) is 6.58 Å². The van der Waals surface area contributed by atoms with Gasteiger partial charge in [0, 0.05) is 30.6 Å². The first kappa shape index (κ1) is 22.2. The zero-order chi connectivity index (χ0) is 23.1. The summed E-state index contributed by atoms with van der Waals surface area (Å²) in [4.78, 5) is 22.7. The minimum atomic E-state index is -4.43. The summed E-state index contributed by atoms with van der Waals surface area (Å²) >= 11 is 0. The van der Waals surface area contributed by atoms with Crippen molar-refractivity contribution in [3.63, 3.8) is 0 Å². The molecule has 0 N–H and O–H groups in total. The first-order valence-corrected chi connectivity index (χ1v) is 11.2. The highest BCUT2D eigenvalue weighted by Gasteiger charge is 2.41. The van der Waals surface area contributed by atoms with Gasteiger partial charge in [-0.05, 0) is 30.7 Å². The van der Waals surface area contributed by atoms with E-state index in [2.05, 4.69) is 16.5 Å². The number of hydrogen-bond donors (Lipinski definition) is 0. The van der Waals surface area contributed by atoms with E-state index >= 15 is 0 Å². The van der Waals surface area contributed by atoms with E-state index in [9.17, 15) is 26.4 Å². The first-order chi connectivity index (χ1) is 15.1. The second-order valence-electron chi connectivity index (χ2n) is 7.46. The molecule has 32 heavy (non-hydrogen) atoms. The number of benzene rings is 1. The number of nitrogens with zero attached hydrogens (tertiary/aromatic N) is 4. The summed E-state index contributed by atoms with van der Waals surface area (Å²) in [5, 5.41) is 0.861. The Morgan fingerprint density at radius 2 is 1.88 bits per heavy atom. The van der Waals surface area contributed by atoms with Crippen LogP contribution in [0.15, 0.2) is 42.6 Å². The van der Waals surface area contributed by atoms with Crippen molar-refractivity contribution >= 4 is 15.9 Å². The van der Waals surface area contributed by atoms with Crippen LogP contribution in [0.5, 0.6) is 11.6 Å². The topological polar surface area (TPSA) is 92.7 Å². The number of hydrogen-bond acceptors (Lipinski definition) is 6. The fraction of sp³-hybridized carbons (Fsp3) is 0.350. The van der Waals surface area contributed by atoms with Gasteiger partial charge in [0.25, 0.3) is 0 Å². The second-order valence-corrected chi connectivity index (χ2v) is 9.34. The van der Waals surface area contributed by atoms with Crippen molar-refractivity contribution in [2.75, 3.05) is 19.6 Å². The number of alkyl halides is 3. The molecule has 12 heteroatoms. The van der Waals surface area contributed by atoms with Crippen LogP contribution in [-0.2, 0) is 34.0 Å². The van der Waals surface area contributed by atoms with Crippen molar-refractivity contribution in [1.82, 2.24) is 19.2 Å². The Morgan fingerprint density at radius 3 is 2.50 bits per heavy atom. The molecule has 1 saturated heterocycles. The summed E-state index contributed by atoms with van der Waals surface area (Å²) < 4.78 is 68.5. The average molecular weight is 468 g/mol. The van der Waals surface area contributed by atoms with Gasteiger partial charge in [-0.2, -0.15) is 17.5 Å². The van der Waals surface area contributed by atoms with Gasteiger partial charge in [0.05, 0.1) is 23.7 Å². The zero-order valence-electron chi connectivity index (χ0n) is 16.7. The number of halogens is 3. The van der Waals surface area contributed by atoms with Crippen molar-refractivity contribution in [3.8, 4) is 11.6 Å². The lowest BCUT2D eigenvalue weighted by molar-refractivity contribution is -0.140. The lowest BCUT2D eigenvalue weighted by Gasteiger charge is -2.40. The maximum absolute atomic E-state index is 12.8. The van der Waals surface area contributed by atoms with Gasteiger partial charge in [0.15, 0.2) is 0 Å². The quantitative estimate of drug-likeness (QED) is 0.670. The predicted molar refractivity (Wildman–Crippen MR) is 107 cm³/mol. The van der Waals surface area contributed by atoms with Crippen LogP contribution in [-0.4, -0.2) is 53.1 Å². The smallest absolute Gasteiger partial charge is 0.416 e. The molecule has 3 heterocycles. The molecule has 0 bridgehead atoms. The summed E-state index contributed by atoms with van der Waals surface area (Å²) in [7, 11) is -3.53. The first-order valence-electron chi connectivity index (χ1n) is 9.67. The number of aromatic nitrogens is 2. The van der Waals surface area contributed by atoms with E-state index in [1.807, 2.05) is 0 Å². The molecule has 0 atom stereocenters. The molecular formula is C20H19F3N4O4S. The summed E-state index contributed by atoms with van der Waals surface area (Å²) in [6.45, 7) is 4.08. The van der Waals surface area contributed by atoms with Gasteiger partial charge >= 0.3 is 6.18 Å². The molecule has 2 aromatic rings. The molecule has 1 fully saturated rings. The van der Waals surface area contributed by atoms with E-state index in [0.717, 1.165) is 17.5 Å². The Labute approximate surface area is 182 Å². The number of carbonyl (C=O) groups is 1. The summed E-state index contributed by atoms with van der Waals surface area (Å²) in [6.07, 6.45) is -2.76.